The van der Waals surface area contributed by atoms with Crippen molar-refractivity contribution in [3.05, 3.63) is 54.5 Å². The van der Waals surface area contributed by atoms with E-state index in [-0.39, 0.29) is 6.09 Å². The molecule has 1 saturated heterocycles. The fourth-order valence-corrected chi connectivity index (χ4v) is 3.97. The molecule has 0 unspecified atom stereocenters. The Morgan fingerprint density at radius 1 is 1.26 bits per heavy atom. The Labute approximate surface area is 197 Å². The highest BCUT2D eigenvalue weighted by molar-refractivity contribution is 6.10. The Kier molecular flexibility index (Phi) is 5.66. The number of imidazole rings is 1. The van der Waals surface area contributed by atoms with Gasteiger partial charge in [0.15, 0.2) is 5.65 Å². The van der Waals surface area contributed by atoms with Crippen LogP contribution in [0, 0.1) is 5.92 Å². The van der Waals surface area contributed by atoms with Gasteiger partial charge in [0.05, 0.1) is 37.8 Å². The normalized spacial score (nSPS) is 17.8. The van der Waals surface area contributed by atoms with Crippen molar-refractivity contribution in [2.24, 2.45) is 22.4 Å². The molecule has 1 aliphatic carbocycles. The van der Waals surface area contributed by atoms with Gasteiger partial charge in [0.2, 0.25) is 0 Å². The number of hydrogen-bond acceptors (Lipinski definition) is 8. The molecule has 10 nitrogen and oxygen atoms in total. The SMILES string of the molecule is NC=C(C=NC1(CN)CN(C(=O)OCC2CC2)C1)c1cnn2c(-c3cccc(N)c3)cnc2c1. The average Bonchev–Trinajstić information content (AvgIpc) is 3.56. The van der Waals surface area contributed by atoms with Gasteiger partial charge >= 0.3 is 6.09 Å². The molecule has 34 heavy (non-hydrogen) atoms. The smallest absolute Gasteiger partial charge is 0.409 e. The highest BCUT2D eigenvalue weighted by atomic mass is 16.6. The lowest BCUT2D eigenvalue weighted by molar-refractivity contribution is 0.0422. The highest BCUT2D eigenvalue weighted by Gasteiger charge is 2.45. The molecule has 0 bridgehead atoms. The molecule has 0 radical (unpaired) electrons. The Bertz CT molecular complexity index is 1270. The molecular weight excluding hydrogens is 432 g/mol. The molecule has 2 aromatic heterocycles. The third kappa shape index (κ3) is 4.32. The number of amides is 1. The fraction of sp³-hybridized carbons (Fsp3) is 0.333. The molecule has 176 valence electrons. The van der Waals surface area contributed by atoms with Crippen LogP contribution >= 0.6 is 0 Å². The van der Waals surface area contributed by atoms with Crippen LogP contribution in [-0.2, 0) is 4.74 Å². The van der Waals surface area contributed by atoms with Gasteiger partial charge in [-0.15, -0.1) is 0 Å². The number of nitrogens with two attached hydrogens (primary N) is 3. The second kappa shape index (κ2) is 8.79. The summed E-state index contributed by atoms with van der Waals surface area (Å²) in [7, 11) is 0. The maximum atomic E-state index is 12.2. The average molecular weight is 461 g/mol. The number of nitrogens with zero attached hydrogens (tertiary/aromatic N) is 5. The van der Waals surface area contributed by atoms with Crippen molar-refractivity contribution in [3.63, 3.8) is 0 Å². The van der Waals surface area contributed by atoms with Crippen LogP contribution in [0.3, 0.4) is 0 Å². The van der Waals surface area contributed by atoms with E-state index in [1.807, 2.05) is 30.3 Å². The standard InChI is InChI=1S/C24H28N8O2/c25-8-19(9-29-24(13-26)14-31(15-24)23(33)34-12-16-4-5-16)18-7-22-28-11-21(32(22)30-10-18)17-2-1-3-20(27)6-17/h1-3,6-11,16H,4-5,12-15,25-27H2. The van der Waals surface area contributed by atoms with E-state index < -0.39 is 5.54 Å². The van der Waals surface area contributed by atoms with Crippen molar-refractivity contribution in [1.82, 2.24) is 19.5 Å². The molecule has 6 N–H and O–H groups in total. The van der Waals surface area contributed by atoms with Crippen LogP contribution < -0.4 is 17.2 Å². The van der Waals surface area contributed by atoms with Gasteiger partial charge in [-0.3, -0.25) is 4.99 Å². The Hall–Kier alpha value is -3.92. The number of rotatable bonds is 7. The lowest BCUT2D eigenvalue weighted by Crippen LogP contribution is -2.65. The third-order valence-corrected chi connectivity index (χ3v) is 6.28. The molecule has 1 saturated carbocycles. The molecular formula is C24H28N8O2. The van der Waals surface area contributed by atoms with Crippen LogP contribution in [0.5, 0.6) is 0 Å². The maximum absolute atomic E-state index is 12.2. The third-order valence-electron chi connectivity index (χ3n) is 6.28. The van der Waals surface area contributed by atoms with Crippen LogP contribution in [0.15, 0.2) is 53.9 Å². The van der Waals surface area contributed by atoms with Crippen LogP contribution in [0.1, 0.15) is 18.4 Å². The summed E-state index contributed by atoms with van der Waals surface area (Å²) < 4.78 is 7.10. The summed E-state index contributed by atoms with van der Waals surface area (Å²) in [6, 6.07) is 9.47. The number of hydrogen-bond donors (Lipinski definition) is 3. The van der Waals surface area contributed by atoms with Crippen molar-refractivity contribution >= 4 is 29.2 Å². The number of carbonyl (C=O) groups is 1. The first-order valence-electron chi connectivity index (χ1n) is 11.3. The lowest BCUT2D eigenvalue weighted by atomic mass is 9.91. The number of aliphatic imine (C=N–C) groups is 1. The highest BCUT2D eigenvalue weighted by Crippen LogP contribution is 2.30. The molecule has 1 aliphatic heterocycles. The number of allylic oxidation sites excluding steroid dienone is 1. The van der Waals surface area contributed by atoms with Gasteiger partial charge < -0.3 is 26.8 Å². The maximum Gasteiger partial charge on any atom is 0.409 e. The minimum absolute atomic E-state index is 0.300. The Morgan fingerprint density at radius 3 is 2.79 bits per heavy atom. The second-order valence-corrected chi connectivity index (χ2v) is 8.97. The summed E-state index contributed by atoms with van der Waals surface area (Å²) >= 11 is 0. The lowest BCUT2D eigenvalue weighted by Gasteiger charge is -2.46. The zero-order valence-corrected chi connectivity index (χ0v) is 18.8. The van der Waals surface area contributed by atoms with E-state index in [1.54, 1.807) is 28.0 Å². The molecule has 0 atom stereocenters. The summed E-state index contributed by atoms with van der Waals surface area (Å²) in [6.07, 6.45) is 8.62. The second-order valence-electron chi connectivity index (χ2n) is 8.97. The van der Waals surface area contributed by atoms with Gasteiger partial charge in [-0.2, -0.15) is 5.10 Å². The molecule has 5 rings (SSSR count). The summed E-state index contributed by atoms with van der Waals surface area (Å²) in [6.45, 7) is 1.65. The van der Waals surface area contributed by atoms with Crippen molar-refractivity contribution in [2.45, 2.75) is 18.4 Å². The summed E-state index contributed by atoms with van der Waals surface area (Å²) in [5, 5.41) is 4.55. The van der Waals surface area contributed by atoms with Gasteiger partial charge in [-0.25, -0.2) is 14.3 Å². The van der Waals surface area contributed by atoms with Gasteiger partial charge in [-0.1, -0.05) is 12.1 Å². The fourth-order valence-electron chi connectivity index (χ4n) is 3.97. The number of nitrogen functional groups attached to an aromatic ring is 1. The van der Waals surface area contributed by atoms with Crippen molar-refractivity contribution in [1.29, 1.82) is 0 Å². The number of fused-ring (bicyclic) bond motifs is 1. The van der Waals surface area contributed by atoms with Crippen LogP contribution in [0.2, 0.25) is 0 Å². The number of aromatic nitrogens is 3. The summed E-state index contributed by atoms with van der Waals surface area (Å²) in [4.78, 5) is 23.0. The van der Waals surface area contributed by atoms with Crippen LogP contribution in [0.25, 0.3) is 22.5 Å². The predicted molar refractivity (Wildman–Crippen MR) is 131 cm³/mol. The number of ether oxygens (including phenoxy) is 1. The molecule has 1 aromatic carbocycles. The van der Waals surface area contributed by atoms with E-state index in [1.165, 1.54) is 6.20 Å². The molecule has 10 heteroatoms. The minimum Gasteiger partial charge on any atom is -0.449 e. The van der Waals surface area contributed by atoms with Crippen LogP contribution in [0.4, 0.5) is 10.5 Å². The Morgan fingerprint density at radius 2 is 2.09 bits per heavy atom. The van der Waals surface area contributed by atoms with E-state index in [2.05, 4.69) is 10.1 Å². The topological polar surface area (TPSA) is 150 Å². The van der Waals surface area contributed by atoms with E-state index in [9.17, 15) is 4.79 Å². The predicted octanol–water partition coefficient (Wildman–Crippen LogP) is 1.91. The van der Waals surface area contributed by atoms with E-state index >= 15 is 0 Å². The van der Waals surface area contributed by atoms with Crippen molar-refractivity contribution in [3.8, 4) is 11.3 Å². The zero-order valence-electron chi connectivity index (χ0n) is 18.8. The molecule has 0 spiro atoms. The van der Waals surface area contributed by atoms with E-state index in [4.69, 9.17) is 26.9 Å². The van der Waals surface area contributed by atoms with E-state index in [0.717, 1.165) is 29.7 Å². The van der Waals surface area contributed by atoms with Crippen molar-refractivity contribution < 1.29 is 9.53 Å². The summed E-state index contributed by atoms with van der Waals surface area (Å²) in [5.41, 5.74) is 21.8. The molecule has 2 fully saturated rings. The number of carbonyl (C=O) groups excluding carboxylic acids is 1. The van der Waals surface area contributed by atoms with Crippen molar-refractivity contribution in [2.75, 3.05) is 32.0 Å². The number of likely N-dealkylation sites (tertiary alicyclic amines) is 1. The molecule has 2 aliphatic rings. The monoisotopic (exact) mass is 460 g/mol. The van der Waals surface area contributed by atoms with Crippen LogP contribution in [-0.4, -0.2) is 63.6 Å². The minimum atomic E-state index is -0.544. The van der Waals surface area contributed by atoms with Gasteiger partial charge in [0, 0.05) is 41.3 Å². The molecule has 1 amide bonds. The molecule has 3 aromatic rings. The largest absolute Gasteiger partial charge is 0.449 e. The number of benzene rings is 1. The summed E-state index contributed by atoms with van der Waals surface area (Å²) in [5.74, 6) is 0.530. The zero-order chi connectivity index (χ0) is 23.7. The first-order valence-corrected chi connectivity index (χ1v) is 11.3. The quantitative estimate of drug-likeness (QED) is 0.360. The Balaban J connectivity index is 1.30. The first kappa shape index (κ1) is 21.9. The van der Waals surface area contributed by atoms with E-state index in [0.29, 0.717) is 49.1 Å². The van der Waals surface area contributed by atoms with Gasteiger partial charge in [0.25, 0.3) is 0 Å². The first-order chi connectivity index (χ1) is 16.5. The van der Waals surface area contributed by atoms with Gasteiger partial charge in [0.1, 0.15) is 5.54 Å². The molecule has 3 heterocycles. The number of anilines is 1. The van der Waals surface area contributed by atoms with Gasteiger partial charge in [-0.05, 0) is 37.0 Å².